The maximum absolute atomic E-state index is 13.2. The number of anilines is 1. The molecule has 5 nitrogen and oxygen atoms in total. The molecule has 1 aliphatic rings. The molecule has 2 aromatic rings. The van der Waals surface area contributed by atoms with Crippen molar-refractivity contribution in [3.05, 3.63) is 24.0 Å². The van der Waals surface area contributed by atoms with Crippen molar-refractivity contribution in [3.8, 4) is 0 Å². The number of aromatic nitrogens is 1. The molecule has 0 saturated carbocycles. The lowest BCUT2D eigenvalue weighted by Crippen LogP contribution is -2.44. The van der Waals surface area contributed by atoms with Crippen molar-refractivity contribution in [2.45, 2.75) is 18.9 Å². The van der Waals surface area contributed by atoms with Gasteiger partial charge in [-0.3, -0.25) is 0 Å². The summed E-state index contributed by atoms with van der Waals surface area (Å²) >= 11 is 1.47. The Bertz CT molecular complexity index is 752. The van der Waals surface area contributed by atoms with Crippen LogP contribution in [-0.2, 0) is 10.0 Å². The Morgan fingerprint density at radius 3 is 2.76 bits per heavy atom. The summed E-state index contributed by atoms with van der Waals surface area (Å²) in [4.78, 5) is 6.64. The van der Waals surface area contributed by atoms with E-state index in [1.54, 1.807) is 6.07 Å². The van der Waals surface area contributed by atoms with Crippen LogP contribution in [0.2, 0.25) is 0 Å². The Hall–Kier alpha value is -1.25. The second kappa shape index (κ2) is 5.51. The second-order valence-corrected chi connectivity index (χ2v) is 8.05. The van der Waals surface area contributed by atoms with Gasteiger partial charge in [0.15, 0.2) is 5.13 Å². The molecule has 1 saturated heterocycles. The molecule has 1 N–H and O–H groups in total. The van der Waals surface area contributed by atoms with Crippen molar-refractivity contribution >= 4 is 36.7 Å². The number of fused-ring (bicyclic) bond motifs is 1. The average Bonchev–Trinajstić information content (AvgIpc) is 2.80. The molecule has 2 heterocycles. The Labute approximate surface area is 126 Å². The zero-order valence-electron chi connectivity index (χ0n) is 11.5. The van der Waals surface area contributed by atoms with Crippen LogP contribution in [0, 0.1) is 5.82 Å². The standard InChI is InChI=1S/C13H16FN3O2S2/c1-21(18,19)16-10-4-6-17(7-5-10)13-15-11-3-2-9(14)8-12(11)20-13/h2-3,8,10,16H,4-7H2,1H3. The van der Waals surface area contributed by atoms with Crippen LogP contribution in [0.1, 0.15) is 12.8 Å². The third-order valence-corrected chi connectivity index (χ3v) is 5.33. The van der Waals surface area contributed by atoms with Gasteiger partial charge in [0.05, 0.1) is 16.5 Å². The molecule has 8 heteroatoms. The van der Waals surface area contributed by atoms with E-state index in [1.807, 2.05) is 0 Å². The number of rotatable bonds is 3. The van der Waals surface area contributed by atoms with E-state index >= 15 is 0 Å². The predicted molar refractivity (Wildman–Crippen MR) is 82.8 cm³/mol. The summed E-state index contributed by atoms with van der Waals surface area (Å²) in [6.45, 7) is 1.49. The third-order valence-electron chi connectivity index (χ3n) is 3.49. The van der Waals surface area contributed by atoms with Gasteiger partial charge >= 0.3 is 0 Å². The first-order valence-corrected chi connectivity index (χ1v) is 9.40. The van der Waals surface area contributed by atoms with Gasteiger partial charge in [-0.1, -0.05) is 11.3 Å². The fourth-order valence-corrected chi connectivity index (χ4v) is 4.40. The van der Waals surface area contributed by atoms with Crippen molar-refractivity contribution in [3.63, 3.8) is 0 Å². The van der Waals surface area contributed by atoms with Crippen molar-refractivity contribution in [1.29, 1.82) is 0 Å². The van der Waals surface area contributed by atoms with E-state index in [0.29, 0.717) is 0 Å². The Morgan fingerprint density at radius 1 is 1.38 bits per heavy atom. The zero-order valence-corrected chi connectivity index (χ0v) is 13.2. The number of nitrogens with one attached hydrogen (secondary N) is 1. The van der Waals surface area contributed by atoms with Crippen LogP contribution in [0.3, 0.4) is 0 Å². The van der Waals surface area contributed by atoms with Gasteiger partial charge in [0, 0.05) is 19.1 Å². The second-order valence-electron chi connectivity index (χ2n) is 5.26. The first kappa shape index (κ1) is 14.7. The minimum absolute atomic E-state index is 0.0110. The summed E-state index contributed by atoms with van der Waals surface area (Å²) < 4.78 is 39.1. The lowest BCUT2D eigenvalue weighted by molar-refractivity contribution is 0.461. The number of hydrogen-bond acceptors (Lipinski definition) is 5. The molecule has 1 aromatic heterocycles. The van der Waals surface area contributed by atoms with Crippen LogP contribution in [0.25, 0.3) is 10.2 Å². The van der Waals surface area contributed by atoms with Crippen LogP contribution in [0.15, 0.2) is 18.2 Å². The average molecular weight is 329 g/mol. The maximum atomic E-state index is 13.2. The number of piperidine rings is 1. The summed E-state index contributed by atoms with van der Waals surface area (Å²) in [5.74, 6) is -0.256. The molecular weight excluding hydrogens is 313 g/mol. The van der Waals surface area contributed by atoms with Crippen LogP contribution in [0.5, 0.6) is 0 Å². The summed E-state index contributed by atoms with van der Waals surface area (Å²) in [5.41, 5.74) is 0.799. The van der Waals surface area contributed by atoms with Gasteiger partial charge in [-0.25, -0.2) is 22.5 Å². The van der Waals surface area contributed by atoms with Gasteiger partial charge in [-0.2, -0.15) is 0 Å². The molecule has 0 bridgehead atoms. The first-order valence-electron chi connectivity index (χ1n) is 6.69. The molecule has 0 aliphatic carbocycles. The van der Waals surface area contributed by atoms with E-state index in [0.717, 1.165) is 41.3 Å². The molecule has 0 atom stereocenters. The fraction of sp³-hybridized carbons (Fsp3) is 0.462. The number of sulfonamides is 1. The lowest BCUT2D eigenvalue weighted by Gasteiger charge is -2.31. The molecule has 21 heavy (non-hydrogen) atoms. The summed E-state index contributed by atoms with van der Waals surface area (Å²) in [6, 6.07) is 4.58. The van der Waals surface area contributed by atoms with Crippen molar-refractivity contribution < 1.29 is 12.8 Å². The summed E-state index contributed by atoms with van der Waals surface area (Å²) in [7, 11) is -3.15. The van der Waals surface area contributed by atoms with Gasteiger partial charge in [0.1, 0.15) is 5.82 Å². The molecule has 0 spiro atoms. The highest BCUT2D eigenvalue weighted by molar-refractivity contribution is 7.88. The number of hydrogen-bond donors (Lipinski definition) is 1. The Balaban J connectivity index is 1.71. The number of benzene rings is 1. The number of halogens is 1. The molecule has 1 aromatic carbocycles. The normalized spacial score (nSPS) is 17.5. The van der Waals surface area contributed by atoms with Gasteiger partial charge in [0.25, 0.3) is 0 Å². The molecule has 114 valence electrons. The van der Waals surface area contributed by atoms with E-state index in [-0.39, 0.29) is 11.9 Å². The molecule has 1 aliphatic heterocycles. The van der Waals surface area contributed by atoms with Crippen molar-refractivity contribution in [1.82, 2.24) is 9.71 Å². The quantitative estimate of drug-likeness (QED) is 0.935. The largest absolute Gasteiger partial charge is 0.348 e. The smallest absolute Gasteiger partial charge is 0.208 e. The summed E-state index contributed by atoms with van der Waals surface area (Å²) in [6.07, 6.45) is 2.68. The van der Waals surface area contributed by atoms with Gasteiger partial charge in [-0.05, 0) is 31.0 Å². The van der Waals surface area contributed by atoms with Gasteiger partial charge in [0.2, 0.25) is 10.0 Å². The van der Waals surface area contributed by atoms with E-state index in [9.17, 15) is 12.8 Å². The van der Waals surface area contributed by atoms with E-state index in [1.165, 1.54) is 29.7 Å². The molecular formula is C13H16FN3O2S2. The van der Waals surface area contributed by atoms with Crippen LogP contribution in [-0.4, -0.2) is 38.8 Å². The fourth-order valence-electron chi connectivity index (χ4n) is 2.51. The number of nitrogens with zero attached hydrogens (tertiary/aromatic N) is 2. The van der Waals surface area contributed by atoms with Gasteiger partial charge < -0.3 is 4.90 Å². The van der Waals surface area contributed by atoms with Crippen molar-refractivity contribution in [2.75, 3.05) is 24.2 Å². The predicted octanol–water partition coefficient (Wildman–Crippen LogP) is 1.95. The highest BCUT2D eigenvalue weighted by Gasteiger charge is 2.23. The minimum Gasteiger partial charge on any atom is -0.348 e. The monoisotopic (exact) mass is 329 g/mol. The lowest BCUT2D eigenvalue weighted by atomic mass is 10.1. The van der Waals surface area contributed by atoms with E-state index in [4.69, 9.17) is 0 Å². The van der Waals surface area contributed by atoms with E-state index < -0.39 is 10.0 Å². The van der Waals surface area contributed by atoms with Crippen LogP contribution >= 0.6 is 11.3 Å². The van der Waals surface area contributed by atoms with Crippen LogP contribution in [0.4, 0.5) is 9.52 Å². The number of thiazole rings is 1. The van der Waals surface area contributed by atoms with E-state index in [2.05, 4.69) is 14.6 Å². The molecule has 0 radical (unpaired) electrons. The third kappa shape index (κ3) is 3.50. The molecule has 3 rings (SSSR count). The Kier molecular flexibility index (Phi) is 3.85. The van der Waals surface area contributed by atoms with Crippen LogP contribution < -0.4 is 9.62 Å². The maximum Gasteiger partial charge on any atom is 0.208 e. The molecule has 0 amide bonds. The van der Waals surface area contributed by atoms with Gasteiger partial charge in [-0.15, -0.1) is 0 Å². The minimum atomic E-state index is -3.15. The molecule has 1 fully saturated rings. The highest BCUT2D eigenvalue weighted by Crippen LogP contribution is 2.30. The topological polar surface area (TPSA) is 62.3 Å². The first-order chi connectivity index (χ1) is 9.90. The molecule has 0 unspecified atom stereocenters. The zero-order chi connectivity index (χ0) is 15.0. The highest BCUT2D eigenvalue weighted by atomic mass is 32.2. The Morgan fingerprint density at radius 2 is 2.10 bits per heavy atom. The SMILES string of the molecule is CS(=O)(=O)NC1CCN(c2nc3ccc(F)cc3s2)CC1. The van der Waals surface area contributed by atoms with Crippen molar-refractivity contribution in [2.24, 2.45) is 0 Å². The summed E-state index contributed by atoms with van der Waals surface area (Å²) in [5, 5.41) is 0.869.